The van der Waals surface area contributed by atoms with Gasteiger partial charge in [-0.15, -0.1) is 5.10 Å². The first kappa shape index (κ1) is 15.7. The zero-order chi connectivity index (χ0) is 17.2. The smallest absolute Gasteiger partial charge is 0.207 e. The van der Waals surface area contributed by atoms with Crippen LogP contribution in [-0.2, 0) is 0 Å². The molecular weight excluding hydrogens is 356 g/mol. The van der Waals surface area contributed by atoms with E-state index in [4.69, 9.17) is 11.6 Å². The van der Waals surface area contributed by atoms with Crippen molar-refractivity contribution >= 4 is 34.0 Å². The Balaban J connectivity index is 1.61. The van der Waals surface area contributed by atoms with Crippen LogP contribution in [0, 0.1) is 6.92 Å². The number of anilines is 2. The number of aromatic nitrogens is 5. The van der Waals surface area contributed by atoms with E-state index in [0.29, 0.717) is 21.7 Å². The van der Waals surface area contributed by atoms with Crippen LogP contribution in [0.2, 0.25) is 5.02 Å². The van der Waals surface area contributed by atoms with Crippen LogP contribution in [0.3, 0.4) is 0 Å². The number of nitrogens with zero attached hydrogens (tertiary/aromatic N) is 5. The van der Waals surface area contributed by atoms with Gasteiger partial charge in [-0.2, -0.15) is 9.36 Å². The molecular formula is C17H13ClN6S. The van der Waals surface area contributed by atoms with Crippen LogP contribution in [0.1, 0.15) is 5.69 Å². The molecule has 0 fully saturated rings. The lowest BCUT2D eigenvalue weighted by Crippen LogP contribution is -1.98. The van der Waals surface area contributed by atoms with E-state index in [1.54, 1.807) is 4.68 Å². The normalized spacial score (nSPS) is 10.8. The van der Waals surface area contributed by atoms with Gasteiger partial charge in [-0.05, 0) is 37.3 Å². The molecule has 0 saturated heterocycles. The van der Waals surface area contributed by atoms with Crippen molar-refractivity contribution in [2.75, 3.05) is 5.32 Å². The van der Waals surface area contributed by atoms with Gasteiger partial charge in [-0.25, -0.2) is 4.68 Å². The van der Waals surface area contributed by atoms with Crippen molar-refractivity contribution in [3.05, 3.63) is 65.3 Å². The van der Waals surface area contributed by atoms with E-state index in [0.717, 1.165) is 17.1 Å². The summed E-state index contributed by atoms with van der Waals surface area (Å²) in [7, 11) is 0. The van der Waals surface area contributed by atoms with Gasteiger partial charge < -0.3 is 5.32 Å². The molecule has 1 N–H and O–H groups in total. The third kappa shape index (κ3) is 3.24. The van der Waals surface area contributed by atoms with Crippen molar-refractivity contribution in [2.45, 2.75) is 6.92 Å². The summed E-state index contributed by atoms with van der Waals surface area (Å²) in [4.78, 5) is 4.51. The number of rotatable bonds is 4. The van der Waals surface area contributed by atoms with Gasteiger partial charge in [-0.3, -0.25) is 0 Å². The average Bonchev–Trinajstić information content (AvgIpc) is 3.22. The van der Waals surface area contributed by atoms with Crippen molar-refractivity contribution in [3.8, 4) is 17.2 Å². The van der Waals surface area contributed by atoms with E-state index in [-0.39, 0.29) is 0 Å². The van der Waals surface area contributed by atoms with Crippen LogP contribution in [0.4, 0.5) is 10.8 Å². The Labute approximate surface area is 153 Å². The summed E-state index contributed by atoms with van der Waals surface area (Å²) in [5.41, 5.74) is 3.36. The molecule has 2 aromatic carbocycles. The molecule has 2 aromatic heterocycles. The Morgan fingerprint density at radius 3 is 2.72 bits per heavy atom. The lowest BCUT2D eigenvalue weighted by Gasteiger charge is -2.02. The molecule has 6 nitrogen and oxygen atoms in total. The van der Waals surface area contributed by atoms with Gasteiger partial charge in [0.05, 0.1) is 11.4 Å². The SMILES string of the molecule is Cc1c(-c2nsc(Nc3cccc(Cl)c3)n2)nnn1-c1ccccc1. The largest absolute Gasteiger partial charge is 0.330 e. The van der Waals surface area contributed by atoms with Crippen LogP contribution < -0.4 is 5.32 Å². The van der Waals surface area contributed by atoms with Crippen LogP contribution in [0.5, 0.6) is 0 Å². The predicted molar refractivity (Wildman–Crippen MR) is 99.7 cm³/mol. The molecule has 4 rings (SSSR count). The highest BCUT2D eigenvalue weighted by Crippen LogP contribution is 2.26. The Morgan fingerprint density at radius 2 is 1.92 bits per heavy atom. The van der Waals surface area contributed by atoms with Gasteiger partial charge in [0.15, 0.2) is 11.5 Å². The molecule has 0 unspecified atom stereocenters. The number of hydrogen-bond acceptors (Lipinski definition) is 6. The predicted octanol–water partition coefficient (Wildman–Crippen LogP) is 4.49. The topological polar surface area (TPSA) is 68.5 Å². The van der Waals surface area contributed by atoms with Crippen LogP contribution >= 0.6 is 23.1 Å². The molecule has 0 aliphatic rings. The van der Waals surface area contributed by atoms with Crippen molar-refractivity contribution in [2.24, 2.45) is 0 Å². The number of hydrogen-bond donors (Lipinski definition) is 1. The van der Waals surface area contributed by atoms with Crippen molar-refractivity contribution in [1.29, 1.82) is 0 Å². The van der Waals surface area contributed by atoms with Crippen molar-refractivity contribution in [1.82, 2.24) is 24.4 Å². The second-order valence-electron chi connectivity index (χ2n) is 5.33. The van der Waals surface area contributed by atoms with Gasteiger partial charge in [0.1, 0.15) is 0 Å². The molecule has 0 spiro atoms. The molecule has 0 saturated carbocycles. The highest BCUT2D eigenvalue weighted by atomic mass is 35.5. The van der Waals surface area contributed by atoms with Crippen molar-refractivity contribution in [3.63, 3.8) is 0 Å². The number of nitrogens with one attached hydrogen (secondary N) is 1. The van der Waals surface area contributed by atoms with Gasteiger partial charge in [-0.1, -0.05) is 41.1 Å². The van der Waals surface area contributed by atoms with E-state index in [9.17, 15) is 0 Å². The summed E-state index contributed by atoms with van der Waals surface area (Å²) >= 11 is 7.27. The monoisotopic (exact) mass is 368 g/mol. The fourth-order valence-corrected chi connectivity index (χ4v) is 3.19. The lowest BCUT2D eigenvalue weighted by atomic mass is 10.3. The Kier molecular flexibility index (Phi) is 4.17. The number of benzene rings is 2. The van der Waals surface area contributed by atoms with E-state index in [2.05, 4.69) is 25.0 Å². The fourth-order valence-electron chi connectivity index (χ4n) is 2.41. The minimum absolute atomic E-state index is 0.550. The summed E-state index contributed by atoms with van der Waals surface area (Å²) < 4.78 is 6.17. The molecule has 0 bridgehead atoms. The van der Waals surface area contributed by atoms with Gasteiger partial charge in [0.2, 0.25) is 5.13 Å². The molecule has 0 aliphatic carbocycles. The maximum atomic E-state index is 6.00. The summed E-state index contributed by atoms with van der Waals surface area (Å²) in [6.45, 7) is 1.95. The van der Waals surface area contributed by atoms with E-state index in [1.807, 2.05) is 61.5 Å². The third-order valence-electron chi connectivity index (χ3n) is 3.61. The van der Waals surface area contributed by atoms with E-state index in [1.165, 1.54) is 11.5 Å². The molecule has 124 valence electrons. The molecule has 25 heavy (non-hydrogen) atoms. The first-order valence-corrected chi connectivity index (χ1v) is 8.70. The number of para-hydroxylation sites is 1. The zero-order valence-corrected chi connectivity index (χ0v) is 14.8. The molecule has 2 heterocycles. The standard InChI is InChI=1S/C17H13ClN6S/c1-11-15(21-23-24(11)14-8-3-2-4-9-14)16-20-17(25-22-16)19-13-7-5-6-12(18)10-13/h2-10H,1H3,(H,19,20,22). The summed E-state index contributed by atoms with van der Waals surface area (Å²) in [5, 5.41) is 13.0. The highest BCUT2D eigenvalue weighted by Gasteiger charge is 2.16. The fraction of sp³-hybridized carbons (Fsp3) is 0.0588. The third-order valence-corrected chi connectivity index (χ3v) is 4.47. The second-order valence-corrected chi connectivity index (χ2v) is 6.52. The average molecular weight is 369 g/mol. The second kappa shape index (κ2) is 6.62. The van der Waals surface area contributed by atoms with Crippen LogP contribution in [-0.4, -0.2) is 24.4 Å². The van der Waals surface area contributed by atoms with Gasteiger partial charge in [0.25, 0.3) is 0 Å². The first-order valence-electron chi connectivity index (χ1n) is 7.55. The first-order chi connectivity index (χ1) is 12.2. The molecule has 8 heteroatoms. The van der Waals surface area contributed by atoms with E-state index >= 15 is 0 Å². The van der Waals surface area contributed by atoms with Gasteiger partial charge >= 0.3 is 0 Å². The summed E-state index contributed by atoms with van der Waals surface area (Å²) in [5.74, 6) is 0.550. The summed E-state index contributed by atoms with van der Waals surface area (Å²) in [6, 6.07) is 17.3. The molecule has 0 radical (unpaired) electrons. The molecule has 0 atom stereocenters. The van der Waals surface area contributed by atoms with Crippen molar-refractivity contribution < 1.29 is 0 Å². The molecule has 4 aromatic rings. The Bertz CT molecular complexity index is 1010. The molecule has 0 aliphatic heterocycles. The highest BCUT2D eigenvalue weighted by molar-refractivity contribution is 7.09. The molecule has 0 amide bonds. The van der Waals surface area contributed by atoms with E-state index < -0.39 is 0 Å². The Hall–Kier alpha value is -2.77. The minimum atomic E-state index is 0.550. The van der Waals surface area contributed by atoms with Crippen LogP contribution in [0.25, 0.3) is 17.2 Å². The summed E-state index contributed by atoms with van der Waals surface area (Å²) in [6.07, 6.45) is 0. The Morgan fingerprint density at radius 1 is 1.08 bits per heavy atom. The quantitative estimate of drug-likeness (QED) is 0.574. The van der Waals surface area contributed by atoms with Crippen LogP contribution in [0.15, 0.2) is 54.6 Å². The minimum Gasteiger partial charge on any atom is -0.330 e. The maximum Gasteiger partial charge on any atom is 0.207 e. The lowest BCUT2D eigenvalue weighted by molar-refractivity contribution is 0.785. The zero-order valence-electron chi connectivity index (χ0n) is 13.2. The van der Waals surface area contributed by atoms with Gasteiger partial charge in [0, 0.05) is 22.2 Å². The maximum absolute atomic E-state index is 6.00. The number of halogens is 1.